The number of carbonyl (C=O) groups excluding carboxylic acids is 1. The smallest absolute Gasteiger partial charge is 0.203 e. The van der Waals surface area contributed by atoms with Crippen molar-refractivity contribution in [3.8, 4) is 17.2 Å². The van der Waals surface area contributed by atoms with Gasteiger partial charge in [-0.2, -0.15) is 0 Å². The molecule has 312 valence electrons. The van der Waals surface area contributed by atoms with Gasteiger partial charge in [0.05, 0.1) is 103 Å². The van der Waals surface area contributed by atoms with Crippen molar-refractivity contribution in [1.29, 1.82) is 0 Å². The van der Waals surface area contributed by atoms with E-state index in [2.05, 4.69) is 0 Å². The van der Waals surface area contributed by atoms with Crippen molar-refractivity contribution in [2.24, 2.45) is 0 Å². The van der Waals surface area contributed by atoms with E-state index in [1.54, 1.807) is 12.1 Å². The molecule has 13 heteroatoms. The molecule has 1 rings (SSSR count). The van der Waals surface area contributed by atoms with Crippen molar-refractivity contribution in [3.63, 3.8) is 0 Å². The van der Waals surface area contributed by atoms with Crippen LogP contribution in [0.2, 0.25) is 0 Å². The third kappa shape index (κ3) is 31.9. The Kier molecular flexibility index (Phi) is 30.9. The Labute approximate surface area is 320 Å². The zero-order valence-electron chi connectivity index (χ0n) is 35.0. The molecule has 1 aromatic rings. The second-order valence-electron chi connectivity index (χ2n) is 13.8. The van der Waals surface area contributed by atoms with Crippen LogP contribution in [0.5, 0.6) is 17.2 Å². The molecule has 0 heterocycles. The molecular formula is C40H74O13. The van der Waals surface area contributed by atoms with E-state index in [4.69, 9.17) is 56.8 Å². The summed E-state index contributed by atoms with van der Waals surface area (Å²) < 4.78 is 68.8. The van der Waals surface area contributed by atoms with Crippen molar-refractivity contribution < 1.29 is 61.6 Å². The quantitative estimate of drug-likeness (QED) is 0.0565. The molecule has 0 spiro atoms. The summed E-state index contributed by atoms with van der Waals surface area (Å²) in [6, 6.07) is 3.31. The van der Waals surface area contributed by atoms with Gasteiger partial charge in [-0.15, -0.1) is 0 Å². The molecule has 0 aliphatic heterocycles. The van der Waals surface area contributed by atoms with Crippen LogP contribution >= 0.6 is 0 Å². The summed E-state index contributed by atoms with van der Waals surface area (Å²) >= 11 is 0. The van der Waals surface area contributed by atoms with Gasteiger partial charge in [-0.05, 0) is 80.9 Å². The minimum absolute atomic E-state index is 0.134. The first-order valence-electron chi connectivity index (χ1n) is 19.2. The van der Waals surface area contributed by atoms with Crippen LogP contribution in [0.25, 0.3) is 0 Å². The summed E-state index contributed by atoms with van der Waals surface area (Å²) in [6.07, 6.45) is 0.922. The van der Waals surface area contributed by atoms with E-state index in [9.17, 15) is 4.79 Å². The minimum Gasteiger partial charge on any atom is -0.487 e. The Bertz CT molecular complexity index is 1010. The van der Waals surface area contributed by atoms with Crippen LogP contribution in [0, 0.1) is 0 Å². The van der Waals surface area contributed by atoms with Gasteiger partial charge in [0.2, 0.25) is 5.75 Å². The first kappa shape index (κ1) is 50.9. The van der Waals surface area contributed by atoms with Crippen LogP contribution < -0.4 is 14.2 Å². The maximum absolute atomic E-state index is 12.4. The number of rotatable bonds is 33. The van der Waals surface area contributed by atoms with Crippen LogP contribution in [-0.4, -0.2) is 142 Å². The zero-order valence-corrected chi connectivity index (χ0v) is 35.0. The lowest BCUT2D eigenvalue weighted by atomic mass is 10.1. The molecule has 0 radical (unpaired) electrons. The SMILES string of the molecule is CC.CC(=O)c1cc(OCCOCCOCCOC(C)C)c(OCCOCCCOCCOC(C)(C)C)c(OCCOCCOCCOC(C)(C)C)c1. The van der Waals surface area contributed by atoms with Gasteiger partial charge in [0.15, 0.2) is 17.3 Å². The summed E-state index contributed by atoms with van der Waals surface area (Å²) in [5.74, 6) is 0.994. The van der Waals surface area contributed by atoms with Crippen molar-refractivity contribution in [2.75, 3.05) is 119 Å². The Morgan fingerprint density at radius 2 is 0.849 bits per heavy atom. The van der Waals surface area contributed by atoms with Crippen molar-refractivity contribution in [2.45, 2.75) is 99.9 Å². The highest BCUT2D eigenvalue weighted by Crippen LogP contribution is 2.39. The molecule has 0 N–H and O–H groups in total. The van der Waals surface area contributed by atoms with E-state index in [0.29, 0.717) is 122 Å². The standard InChI is InChI=1S/C38H68O13.C2H6/c1-31(2)46-23-17-42-13-14-43-18-24-47-34-29-33(32(3)39)30-35(48-25-19-44-15-16-45-22-28-51-38(7,8)9)36(34)49-26-20-40-11-10-12-41-21-27-50-37(4,5)6;1-2/h29-31H,10-28H2,1-9H3;1-2H3. The van der Waals surface area contributed by atoms with Crippen LogP contribution in [-0.2, 0) is 42.6 Å². The number of carbonyl (C=O) groups is 1. The number of hydrogen-bond donors (Lipinski definition) is 0. The summed E-state index contributed by atoms with van der Waals surface area (Å²) in [4.78, 5) is 12.4. The average molecular weight is 763 g/mol. The number of benzene rings is 1. The normalized spacial score (nSPS) is 11.8. The molecule has 0 amide bonds. The first-order valence-corrected chi connectivity index (χ1v) is 19.2. The van der Waals surface area contributed by atoms with Gasteiger partial charge in [-0.3, -0.25) is 4.79 Å². The average Bonchev–Trinajstić information content (AvgIpc) is 3.09. The monoisotopic (exact) mass is 763 g/mol. The van der Waals surface area contributed by atoms with Crippen molar-refractivity contribution >= 4 is 5.78 Å². The maximum atomic E-state index is 12.4. The molecule has 53 heavy (non-hydrogen) atoms. The van der Waals surface area contributed by atoms with Crippen LogP contribution in [0.3, 0.4) is 0 Å². The molecule has 0 atom stereocenters. The van der Waals surface area contributed by atoms with Gasteiger partial charge in [0, 0.05) is 18.8 Å². The fourth-order valence-corrected chi connectivity index (χ4v) is 4.03. The second-order valence-corrected chi connectivity index (χ2v) is 13.8. The van der Waals surface area contributed by atoms with Gasteiger partial charge in [-0.1, -0.05) is 13.8 Å². The summed E-state index contributed by atoms with van der Waals surface area (Å²) in [5, 5.41) is 0. The number of hydrogen-bond acceptors (Lipinski definition) is 13. The number of ketones is 1. The minimum atomic E-state index is -0.194. The number of ether oxygens (including phenoxy) is 12. The predicted octanol–water partition coefficient (Wildman–Crippen LogP) is 6.60. The summed E-state index contributed by atoms with van der Waals surface area (Å²) in [5.41, 5.74) is 0.0633. The molecule has 0 aliphatic carbocycles. The highest BCUT2D eigenvalue weighted by atomic mass is 16.6. The highest BCUT2D eigenvalue weighted by Gasteiger charge is 2.18. The molecule has 0 fully saturated rings. The third-order valence-electron chi connectivity index (χ3n) is 6.40. The van der Waals surface area contributed by atoms with E-state index in [0.717, 1.165) is 6.42 Å². The largest absolute Gasteiger partial charge is 0.487 e. The Morgan fingerprint density at radius 3 is 1.23 bits per heavy atom. The molecular weight excluding hydrogens is 688 g/mol. The maximum Gasteiger partial charge on any atom is 0.203 e. The van der Waals surface area contributed by atoms with E-state index in [1.807, 2.05) is 69.2 Å². The van der Waals surface area contributed by atoms with Gasteiger partial charge >= 0.3 is 0 Å². The van der Waals surface area contributed by atoms with E-state index in [1.165, 1.54) is 6.92 Å². The lowest BCUT2D eigenvalue weighted by Gasteiger charge is -2.19. The second kappa shape index (κ2) is 32.2. The van der Waals surface area contributed by atoms with Crippen LogP contribution in [0.1, 0.15) is 92.9 Å². The van der Waals surface area contributed by atoms with Gasteiger partial charge in [0.25, 0.3) is 0 Å². The Balaban J connectivity index is 0.0000133. The van der Waals surface area contributed by atoms with Crippen LogP contribution in [0.4, 0.5) is 0 Å². The predicted molar refractivity (Wildman–Crippen MR) is 206 cm³/mol. The molecule has 0 aliphatic rings. The molecule has 13 nitrogen and oxygen atoms in total. The summed E-state index contributed by atoms with van der Waals surface area (Å²) in [7, 11) is 0. The Morgan fingerprint density at radius 1 is 0.509 bits per heavy atom. The van der Waals surface area contributed by atoms with E-state index in [-0.39, 0.29) is 42.9 Å². The molecule has 0 saturated carbocycles. The van der Waals surface area contributed by atoms with Crippen LogP contribution in [0.15, 0.2) is 12.1 Å². The molecule has 1 aromatic carbocycles. The fraction of sp³-hybridized carbons (Fsp3) is 0.825. The fourth-order valence-electron chi connectivity index (χ4n) is 4.03. The Hall–Kier alpha value is -2.07. The summed E-state index contributed by atoms with van der Waals surface area (Å²) in [6.45, 7) is 29.2. The molecule has 0 bridgehead atoms. The molecule has 0 unspecified atom stereocenters. The van der Waals surface area contributed by atoms with Crippen molar-refractivity contribution in [1.82, 2.24) is 0 Å². The van der Waals surface area contributed by atoms with E-state index >= 15 is 0 Å². The van der Waals surface area contributed by atoms with Gasteiger partial charge in [0.1, 0.15) is 19.8 Å². The lowest BCUT2D eigenvalue weighted by Crippen LogP contribution is -2.22. The van der Waals surface area contributed by atoms with E-state index < -0.39 is 0 Å². The van der Waals surface area contributed by atoms with Crippen molar-refractivity contribution in [3.05, 3.63) is 17.7 Å². The van der Waals surface area contributed by atoms with Gasteiger partial charge in [-0.25, -0.2) is 0 Å². The van der Waals surface area contributed by atoms with Gasteiger partial charge < -0.3 is 56.8 Å². The lowest BCUT2D eigenvalue weighted by molar-refractivity contribution is -0.0433. The molecule has 0 aromatic heterocycles. The first-order chi connectivity index (χ1) is 25.3. The topological polar surface area (TPSA) is 128 Å². The number of Topliss-reactive ketones (excluding diaryl/α,β-unsaturated/α-hetero) is 1. The third-order valence-corrected chi connectivity index (χ3v) is 6.40. The highest BCUT2D eigenvalue weighted by molar-refractivity contribution is 5.95. The molecule has 0 saturated heterocycles. The zero-order chi connectivity index (χ0) is 39.8.